The fourth-order valence-corrected chi connectivity index (χ4v) is 7.08. The number of hydrogen-bond acceptors (Lipinski definition) is 3. The van der Waals surface area contributed by atoms with Crippen LogP contribution in [-0.2, 0) is 4.74 Å². The molecule has 1 N–H and O–H groups in total. The number of aliphatic hydroxyl groups excluding tert-OH is 1. The fraction of sp³-hybridized carbons (Fsp3) is 0.600. The van der Waals surface area contributed by atoms with Crippen LogP contribution in [0.3, 0.4) is 0 Å². The van der Waals surface area contributed by atoms with Gasteiger partial charge in [0.2, 0.25) is 0 Å². The first kappa shape index (κ1) is 30.3. The first-order valence-corrected chi connectivity index (χ1v) is 14.6. The molecule has 0 aliphatic heterocycles. The van der Waals surface area contributed by atoms with E-state index in [1.165, 1.54) is 36.1 Å². The minimum absolute atomic E-state index is 0.0547. The van der Waals surface area contributed by atoms with Crippen LogP contribution >= 0.6 is 0 Å². The van der Waals surface area contributed by atoms with E-state index in [-0.39, 0.29) is 17.1 Å². The van der Waals surface area contributed by atoms with Crippen LogP contribution in [0, 0.1) is 29.6 Å². The predicted octanol–water partition coefficient (Wildman–Crippen LogP) is 8.07. The van der Waals surface area contributed by atoms with E-state index in [4.69, 9.17) is 11.2 Å². The van der Waals surface area contributed by atoms with Crippen molar-refractivity contribution in [3.63, 3.8) is 0 Å². The second-order valence-corrected chi connectivity index (χ2v) is 12.2. The van der Waals surface area contributed by atoms with Crippen molar-refractivity contribution >= 4 is 5.69 Å². The van der Waals surface area contributed by atoms with Gasteiger partial charge >= 0.3 is 0 Å². The summed E-state index contributed by atoms with van der Waals surface area (Å²) >= 11 is 0. The van der Waals surface area contributed by atoms with Crippen LogP contribution in [0.5, 0.6) is 0 Å². The molecular formula is C35H51NO2. The Morgan fingerprint density at radius 1 is 1.08 bits per heavy atom. The van der Waals surface area contributed by atoms with Crippen LogP contribution in [0.4, 0.5) is 5.69 Å². The number of nitrogens with zero attached hydrogens (tertiary/aromatic N) is 1. The van der Waals surface area contributed by atoms with Crippen molar-refractivity contribution < 1.29 is 9.84 Å². The molecule has 3 heteroatoms. The third-order valence-electron chi connectivity index (χ3n) is 9.47. The summed E-state index contributed by atoms with van der Waals surface area (Å²) in [4.78, 5) is 2.17. The number of hydrogen-bond donors (Lipinski definition) is 1. The maximum absolute atomic E-state index is 11.0. The Kier molecular flexibility index (Phi) is 9.77. The molecule has 5 rings (SSSR count). The van der Waals surface area contributed by atoms with E-state index in [2.05, 4.69) is 68.8 Å². The summed E-state index contributed by atoms with van der Waals surface area (Å²) in [6.07, 6.45) is 15.2. The van der Waals surface area contributed by atoms with Crippen molar-refractivity contribution in [1.82, 2.24) is 0 Å². The van der Waals surface area contributed by atoms with Gasteiger partial charge in [-0.2, -0.15) is 0 Å². The Hall–Kier alpha value is -2.28. The van der Waals surface area contributed by atoms with Crippen molar-refractivity contribution in [3.8, 4) is 12.3 Å². The fourth-order valence-electron chi connectivity index (χ4n) is 7.08. The number of fused-ring (bicyclic) bond motifs is 4. The van der Waals surface area contributed by atoms with Crippen LogP contribution < -0.4 is 4.90 Å². The first-order chi connectivity index (χ1) is 18.0. The maximum atomic E-state index is 11.0. The highest BCUT2D eigenvalue weighted by Gasteiger charge is 2.56. The number of methoxy groups -OCH3 is 1. The largest absolute Gasteiger partial charge is 0.393 e. The van der Waals surface area contributed by atoms with E-state index in [0.717, 1.165) is 25.7 Å². The quantitative estimate of drug-likeness (QED) is 0.412. The van der Waals surface area contributed by atoms with Gasteiger partial charge in [-0.05, 0) is 105 Å². The second-order valence-electron chi connectivity index (χ2n) is 12.2. The standard InChI is InChI=1S/C27H35NO.C6H10O.C2H6/c1-17-5-11-21-19(15-17)8-12-22-24-13-14-25(29)27(24,2)16-23(26(21)22)18-6-9-20(10-7-18)28(3)4;1-5-6(2,3)7-4;1-2/h6-7,9-10,15,22-25,29H,1,5,8,11-14,16H2,2-4H3;1H,2-4H3;1-2H3. The number of anilines is 1. The Labute approximate surface area is 233 Å². The number of ether oxygens (including phenoxy) is 1. The second kappa shape index (κ2) is 12.3. The molecule has 4 aliphatic carbocycles. The first-order valence-electron chi connectivity index (χ1n) is 14.6. The van der Waals surface area contributed by atoms with Gasteiger partial charge in [-0.25, -0.2) is 0 Å². The van der Waals surface area contributed by atoms with Gasteiger partial charge in [-0.3, -0.25) is 0 Å². The van der Waals surface area contributed by atoms with Gasteiger partial charge in [0.25, 0.3) is 0 Å². The monoisotopic (exact) mass is 517 g/mol. The third kappa shape index (κ3) is 5.98. The molecule has 2 saturated carbocycles. The van der Waals surface area contributed by atoms with Gasteiger partial charge in [0, 0.05) is 32.8 Å². The maximum Gasteiger partial charge on any atom is 0.122 e. The Balaban J connectivity index is 0.000000389. The summed E-state index contributed by atoms with van der Waals surface area (Å²) in [5, 5.41) is 11.0. The molecule has 3 nitrogen and oxygen atoms in total. The van der Waals surface area contributed by atoms with Crippen molar-refractivity contribution in [2.75, 3.05) is 26.1 Å². The van der Waals surface area contributed by atoms with Crippen molar-refractivity contribution in [2.24, 2.45) is 17.3 Å². The van der Waals surface area contributed by atoms with Crippen molar-refractivity contribution in [1.29, 1.82) is 0 Å². The Morgan fingerprint density at radius 3 is 2.29 bits per heavy atom. The van der Waals surface area contributed by atoms with Crippen molar-refractivity contribution in [3.05, 3.63) is 64.8 Å². The van der Waals surface area contributed by atoms with Crippen LogP contribution in [0.1, 0.15) is 91.0 Å². The van der Waals surface area contributed by atoms with Gasteiger partial charge in [0.1, 0.15) is 5.60 Å². The Bertz CT molecular complexity index is 1080. The van der Waals surface area contributed by atoms with Crippen LogP contribution in [0.2, 0.25) is 0 Å². The molecule has 0 heterocycles. The lowest BCUT2D eigenvalue weighted by Gasteiger charge is -2.52. The zero-order valence-electron chi connectivity index (χ0n) is 25.2. The number of terminal acetylenes is 1. The molecule has 0 spiro atoms. The molecule has 0 radical (unpaired) electrons. The smallest absolute Gasteiger partial charge is 0.122 e. The van der Waals surface area contributed by atoms with E-state index in [9.17, 15) is 5.11 Å². The molecule has 38 heavy (non-hydrogen) atoms. The number of benzene rings is 1. The molecule has 5 atom stereocenters. The zero-order chi connectivity index (χ0) is 28.3. The van der Waals surface area contributed by atoms with E-state index in [1.54, 1.807) is 23.8 Å². The number of aliphatic hydroxyl groups is 1. The molecular weight excluding hydrogens is 466 g/mol. The normalized spacial score (nSPS) is 29.8. The summed E-state index contributed by atoms with van der Waals surface area (Å²) < 4.78 is 4.85. The Morgan fingerprint density at radius 2 is 1.74 bits per heavy atom. The molecule has 1 aromatic carbocycles. The van der Waals surface area contributed by atoms with Crippen LogP contribution in [0.25, 0.3) is 0 Å². The average Bonchev–Trinajstić information content (AvgIpc) is 3.23. The molecule has 0 amide bonds. The lowest BCUT2D eigenvalue weighted by Crippen LogP contribution is -2.44. The van der Waals surface area contributed by atoms with E-state index >= 15 is 0 Å². The van der Waals surface area contributed by atoms with E-state index in [0.29, 0.717) is 17.8 Å². The molecule has 208 valence electrons. The van der Waals surface area contributed by atoms with Crippen molar-refractivity contribution in [2.45, 2.75) is 97.2 Å². The lowest BCUT2D eigenvalue weighted by molar-refractivity contribution is -0.00295. The van der Waals surface area contributed by atoms with Gasteiger partial charge in [-0.15, -0.1) is 6.42 Å². The SMILES string of the molecule is C#CC(C)(C)OC.C=C1C=C2CCC3C(=C2CC1)C(c1ccc(N(C)C)cc1)CC1(C)C(O)CCC31.CC. The summed E-state index contributed by atoms with van der Waals surface area (Å²) in [5.41, 5.74) is 8.59. The lowest BCUT2D eigenvalue weighted by atomic mass is 9.53. The minimum Gasteiger partial charge on any atom is -0.393 e. The molecule has 2 fully saturated rings. The van der Waals surface area contributed by atoms with Crippen LogP contribution in [0.15, 0.2) is 59.2 Å². The molecule has 1 aromatic rings. The molecule has 5 unspecified atom stereocenters. The number of allylic oxidation sites excluding steroid dienone is 5. The topological polar surface area (TPSA) is 32.7 Å². The average molecular weight is 518 g/mol. The highest BCUT2D eigenvalue weighted by molar-refractivity contribution is 5.53. The van der Waals surface area contributed by atoms with Gasteiger partial charge in [0.05, 0.1) is 6.10 Å². The van der Waals surface area contributed by atoms with Gasteiger partial charge < -0.3 is 14.7 Å². The number of rotatable bonds is 3. The third-order valence-corrected chi connectivity index (χ3v) is 9.47. The highest BCUT2D eigenvalue weighted by Crippen LogP contribution is 2.64. The molecule has 0 aromatic heterocycles. The predicted molar refractivity (Wildman–Crippen MR) is 162 cm³/mol. The van der Waals surface area contributed by atoms with E-state index in [1.807, 2.05) is 27.7 Å². The summed E-state index contributed by atoms with van der Waals surface area (Å²) in [7, 11) is 5.80. The van der Waals surface area contributed by atoms with Crippen LogP contribution in [-0.4, -0.2) is 38.0 Å². The zero-order valence-corrected chi connectivity index (χ0v) is 25.2. The van der Waals surface area contributed by atoms with Gasteiger partial charge in [-0.1, -0.05) is 62.6 Å². The van der Waals surface area contributed by atoms with E-state index < -0.39 is 0 Å². The minimum atomic E-state index is -0.389. The summed E-state index contributed by atoms with van der Waals surface area (Å²) in [5.74, 6) is 4.19. The summed E-state index contributed by atoms with van der Waals surface area (Å²) in [6.45, 7) is 14.3. The molecule has 4 aliphatic rings. The highest BCUT2D eigenvalue weighted by atomic mass is 16.5. The molecule has 0 saturated heterocycles. The molecule has 0 bridgehead atoms. The summed E-state index contributed by atoms with van der Waals surface area (Å²) in [6, 6.07) is 9.21. The van der Waals surface area contributed by atoms with Gasteiger partial charge in [0.15, 0.2) is 0 Å².